The minimum Gasteiger partial charge on any atom is -0.494 e. The van der Waals surface area contributed by atoms with Crippen molar-refractivity contribution in [2.45, 2.75) is 13.3 Å². The van der Waals surface area contributed by atoms with Crippen LogP contribution < -0.4 is 15.8 Å². The first kappa shape index (κ1) is 13.4. The van der Waals surface area contributed by atoms with Gasteiger partial charge in [0.05, 0.1) is 18.7 Å². The zero-order chi connectivity index (χ0) is 12.8. The molecule has 5 heteroatoms. The lowest BCUT2D eigenvalue weighted by molar-refractivity contribution is -0.119. The lowest BCUT2D eigenvalue weighted by atomic mass is 10.1. The summed E-state index contributed by atoms with van der Waals surface area (Å²) in [6.07, 6.45) is 0.659. The molecule has 0 saturated carbocycles. The van der Waals surface area contributed by atoms with Gasteiger partial charge in [0.25, 0.3) is 0 Å². The molecule has 4 nitrogen and oxygen atoms in total. The predicted octanol–water partition coefficient (Wildman–Crippen LogP) is 1.76. The topological polar surface area (TPSA) is 64.4 Å². The fourth-order valence-electron chi connectivity index (χ4n) is 1.46. The molecule has 1 rings (SSSR count). The molecule has 1 aromatic carbocycles. The van der Waals surface area contributed by atoms with Crippen LogP contribution in [-0.4, -0.2) is 19.6 Å². The Morgan fingerprint density at radius 2 is 2.29 bits per heavy atom. The van der Waals surface area contributed by atoms with Crippen molar-refractivity contribution in [3.05, 3.63) is 24.0 Å². The summed E-state index contributed by atoms with van der Waals surface area (Å²) < 4.78 is 17.9. The Balaban J connectivity index is 2.84. The number of halogens is 1. The minimum absolute atomic E-state index is 0.181. The number of benzene rings is 1. The second-order valence-corrected chi connectivity index (χ2v) is 3.67. The summed E-state index contributed by atoms with van der Waals surface area (Å²) in [5.41, 5.74) is 5.93. The monoisotopic (exact) mass is 240 g/mol. The third kappa shape index (κ3) is 3.42. The quantitative estimate of drug-likeness (QED) is 0.824. The number of nitrogens with two attached hydrogens (primary N) is 1. The van der Waals surface area contributed by atoms with Crippen molar-refractivity contribution >= 4 is 11.6 Å². The molecule has 0 radical (unpaired) electrons. The van der Waals surface area contributed by atoms with Gasteiger partial charge >= 0.3 is 0 Å². The average Bonchev–Trinajstić information content (AvgIpc) is 2.33. The van der Waals surface area contributed by atoms with Crippen molar-refractivity contribution < 1.29 is 13.9 Å². The molecule has 0 heterocycles. The second-order valence-electron chi connectivity index (χ2n) is 3.67. The Morgan fingerprint density at radius 3 is 2.82 bits per heavy atom. The first-order valence-electron chi connectivity index (χ1n) is 5.46. The molecule has 1 amide bonds. The van der Waals surface area contributed by atoms with Crippen molar-refractivity contribution in [3.63, 3.8) is 0 Å². The Hall–Kier alpha value is -1.62. The van der Waals surface area contributed by atoms with Gasteiger partial charge in [0.15, 0.2) is 0 Å². The molecule has 0 fully saturated rings. The summed E-state index contributed by atoms with van der Waals surface area (Å²) in [6.45, 7) is 2.17. The van der Waals surface area contributed by atoms with Gasteiger partial charge in [-0.15, -0.1) is 0 Å². The number of anilines is 1. The van der Waals surface area contributed by atoms with Gasteiger partial charge in [0.1, 0.15) is 11.6 Å². The molecule has 0 aliphatic heterocycles. The maximum Gasteiger partial charge on any atom is 0.228 e. The van der Waals surface area contributed by atoms with E-state index in [1.807, 2.05) is 6.92 Å². The SMILES string of the molecule is CCC(CN)C(=O)Nc1ccc(F)cc1OC. The van der Waals surface area contributed by atoms with E-state index in [2.05, 4.69) is 5.32 Å². The Bertz CT molecular complexity index is 392. The smallest absolute Gasteiger partial charge is 0.228 e. The molecule has 17 heavy (non-hydrogen) atoms. The fourth-order valence-corrected chi connectivity index (χ4v) is 1.46. The van der Waals surface area contributed by atoms with E-state index < -0.39 is 5.82 Å². The van der Waals surface area contributed by atoms with Crippen LogP contribution in [0.4, 0.5) is 10.1 Å². The first-order chi connectivity index (χ1) is 8.12. The second kappa shape index (κ2) is 6.20. The maximum absolute atomic E-state index is 12.9. The fraction of sp³-hybridized carbons (Fsp3) is 0.417. The molecule has 1 aromatic rings. The van der Waals surface area contributed by atoms with Gasteiger partial charge in [0, 0.05) is 12.6 Å². The molecule has 3 N–H and O–H groups in total. The highest BCUT2D eigenvalue weighted by atomic mass is 19.1. The molecule has 1 atom stereocenters. The van der Waals surface area contributed by atoms with Gasteiger partial charge in [-0.3, -0.25) is 4.79 Å². The predicted molar refractivity (Wildman–Crippen MR) is 64.4 cm³/mol. The van der Waals surface area contributed by atoms with Crippen LogP contribution in [0.1, 0.15) is 13.3 Å². The third-order valence-corrected chi connectivity index (χ3v) is 2.57. The van der Waals surface area contributed by atoms with Crippen molar-refractivity contribution in [1.29, 1.82) is 0 Å². The number of nitrogens with one attached hydrogen (secondary N) is 1. The van der Waals surface area contributed by atoms with Crippen LogP contribution in [0.5, 0.6) is 5.75 Å². The highest BCUT2D eigenvalue weighted by Crippen LogP contribution is 2.25. The highest BCUT2D eigenvalue weighted by molar-refractivity contribution is 5.94. The first-order valence-corrected chi connectivity index (χ1v) is 5.46. The number of hydrogen-bond donors (Lipinski definition) is 2. The lowest BCUT2D eigenvalue weighted by Gasteiger charge is -2.14. The summed E-state index contributed by atoms with van der Waals surface area (Å²) in [5, 5.41) is 2.68. The van der Waals surface area contributed by atoms with E-state index in [0.29, 0.717) is 17.9 Å². The normalized spacial score (nSPS) is 12.0. The average molecular weight is 240 g/mol. The summed E-state index contributed by atoms with van der Waals surface area (Å²) >= 11 is 0. The minimum atomic E-state index is -0.411. The van der Waals surface area contributed by atoms with E-state index >= 15 is 0 Å². The number of ether oxygens (including phenoxy) is 1. The maximum atomic E-state index is 12.9. The molecular weight excluding hydrogens is 223 g/mol. The Kier molecular flexibility index (Phi) is 4.90. The van der Waals surface area contributed by atoms with Gasteiger partial charge in [-0.05, 0) is 18.6 Å². The van der Waals surface area contributed by atoms with Gasteiger partial charge in [-0.25, -0.2) is 4.39 Å². The molecule has 1 unspecified atom stereocenters. The molecule has 0 aromatic heterocycles. The number of amides is 1. The van der Waals surface area contributed by atoms with Crippen molar-refractivity contribution in [3.8, 4) is 5.75 Å². The van der Waals surface area contributed by atoms with Gasteiger partial charge in [-0.2, -0.15) is 0 Å². The van der Waals surface area contributed by atoms with Gasteiger partial charge < -0.3 is 15.8 Å². The zero-order valence-electron chi connectivity index (χ0n) is 10.00. The van der Waals surface area contributed by atoms with Gasteiger partial charge in [-0.1, -0.05) is 6.92 Å². The van der Waals surface area contributed by atoms with Crippen LogP contribution in [0, 0.1) is 11.7 Å². The summed E-state index contributed by atoms with van der Waals surface area (Å²) in [4.78, 5) is 11.8. The van der Waals surface area contributed by atoms with E-state index in [1.54, 1.807) is 0 Å². The van der Waals surface area contributed by atoms with E-state index in [-0.39, 0.29) is 18.4 Å². The van der Waals surface area contributed by atoms with Crippen LogP contribution in [0.25, 0.3) is 0 Å². The van der Waals surface area contributed by atoms with E-state index in [4.69, 9.17) is 10.5 Å². The van der Waals surface area contributed by atoms with E-state index in [0.717, 1.165) is 0 Å². The zero-order valence-corrected chi connectivity index (χ0v) is 10.00. The number of rotatable bonds is 5. The number of carbonyl (C=O) groups excluding carboxylic acids is 1. The van der Waals surface area contributed by atoms with Crippen LogP contribution in [0.2, 0.25) is 0 Å². The number of methoxy groups -OCH3 is 1. The van der Waals surface area contributed by atoms with Crippen LogP contribution in [0.3, 0.4) is 0 Å². The largest absolute Gasteiger partial charge is 0.494 e. The standard InChI is InChI=1S/C12H17FN2O2/c1-3-8(7-14)12(16)15-10-5-4-9(13)6-11(10)17-2/h4-6,8H,3,7,14H2,1-2H3,(H,15,16). The van der Waals surface area contributed by atoms with Crippen molar-refractivity contribution in [2.24, 2.45) is 11.7 Å². The summed E-state index contributed by atoms with van der Waals surface area (Å²) in [6, 6.07) is 3.95. The van der Waals surface area contributed by atoms with Crippen LogP contribution >= 0.6 is 0 Å². The summed E-state index contributed by atoms with van der Waals surface area (Å²) in [5.74, 6) is -0.541. The molecule has 0 saturated heterocycles. The van der Waals surface area contributed by atoms with E-state index in [9.17, 15) is 9.18 Å². The highest BCUT2D eigenvalue weighted by Gasteiger charge is 2.16. The Morgan fingerprint density at radius 1 is 1.59 bits per heavy atom. The molecule has 0 bridgehead atoms. The molecular formula is C12H17FN2O2. The van der Waals surface area contributed by atoms with E-state index in [1.165, 1.54) is 25.3 Å². The lowest BCUT2D eigenvalue weighted by Crippen LogP contribution is -2.28. The van der Waals surface area contributed by atoms with Crippen molar-refractivity contribution in [2.75, 3.05) is 19.0 Å². The molecule has 94 valence electrons. The van der Waals surface area contributed by atoms with Crippen LogP contribution in [-0.2, 0) is 4.79 Å². The van der Waals surface area contributed by atoms with Crippen LogP contribution in [0.15, 0.2) is 18.2 Å². The molecule has 0 aliphatic carbocycles. The number of carbonyl (C=O) groups is 1. The van der Waals surface area contributed by atoms with Crippen molar-refractivity contribution in [1.82, 2.24) is 0 Å². The number of hydrogen-bond acceptors (Lipinski definition) is 3. The molecule has 0 aliphatic rings. The van der Waals surface area contributed by atoms with Gasteiger partial charge in [0.2, 0.25) is 5.91 Å². The third-order valence-electron chi connectivity index (χ3n) is 2.57. The summed E-state index contributed by atoms with van der Waals surface area (Å²) in [7, 11) is 1.42. The Labute approximate surface area is 100.0 Å². The molecule has 0 spiro atoms.